The van der Waals surface area contributed by atoms with E-state index in [1.54, 1.807) is 6.26 Å². The molecular formula is C10H18N2O. The average Bonchev–Trinajstić information content (AvgIpc) is 2.64. The van der Waals surface area contributed by atoms with E-state index in [1.807, 2.05) is 12.1 Å². The quantitative estimate of drug-likeness (QED) is 0.649. The van der Waals surface area contributed by atoms with Crippen LogP contribution in [-0.2, 0) is 6.42 Å². The van der Waals surface area contributed by atoms with Crippen LogP contribution in [0.5, 0.6) is 0 Å². The first-order valence-corrected chi connectivity index (χ1v) is 4.78. The molecule has 74 valence electrons. The van der Waals surface area contributed by atoms with Gasteiger partial charge in [0.05, 0.1) is 6.26 Å². The minimum absolute atomic E-state index is 0.414. The van der Waals surface area contributed by atoms with E-state index in [0.29, 0.717) is 12.6 Å². The van der Waals surface area contributed by atoms with E-state index < -0.39 is 0 Å². The molecule has 13 heavy (non-hydrogen) atoms. The molecule has 0 aliphatic carbocycles. The van der Waals surface area contributed by atoms with E-state index in [0.717, 1.165) is 25.1 Å². The van der Waals surface area contributed by atoms with Crippen LogP contribution >= 0.6 is 0 Å². The fraction of sp³-hybridized carbons (Fsp3) is 0.600. The lowest BCUT2D eigenvalue weighted by molar-refractivity contribution is 0.484. The summed E-state index contributed by atoms with van der Waals surface area (Å²) in [5.41, 5.74) is 5.47. The molecule has 0 aromatic carbocycles. The molecule has 0 aliphatic heterocycles. The largest absolute Gasteiger partial charge is 0.469 e. The van der Waals surface area contributed by atoms with Gasteiger partial charge in [0.1, 0.15) is 5.76 Å². The SMILES string of the molecule is CC(CN)NCCCc1ccco1. The van der Waals surface area contributed by atoms with Gasteiger partial charge in [-0.15, -0.1) is 0 Å². The van der Waals surface area contributed by atoms with Crippen LogP contribution in [0, 0.1) is 0 Å². The predicted molar refractivity (Wildman–Crippen MR) is 53.5 cm³/mol. The van der Waals surface area contributed by atoms with Crippen LogP contribution in [-0.4, -0.2) is 19.1 Å². The van der Waals surface area contributed by atoms with Crippen molar-refractivity contribution >= 4 is 0 Å². The minimum atomic E-state index is 0.414. The van der Waals surface area contributed by atoms with Gasteiger partial charge in [-0.1, -0.05) is 0 Å². The van der Waals surface area contributed by atoms with Crippen molar-refractivity contribution in [2.24, 2.45) is 5.73 Å². The van der Waals surface area contributed by atoms with Gasteiger partial charge in [-0.25, -0.2) is 0 Å². The molecule has 0 bridgehead atoms. The number of rotatable bonds is 6. The lowest BCUT2D eigenvalue weighted by atomic mass is 10.2. The maximum Gasteiger partial charge on any atom is 0.103 e. The van der Waals surface area contributed by atoms with Gasteiger partial charge >= 0.3 is 0 Å². The smallest absolute Gasteiger partial charge is 0.103 e. The number of aryl methyl sites for hydroxylation is 1. The van der Waals surface area contributed by atoms with Gasteiger partial charge in [0, 0.05) is 19.0 Å². The Labute approximate surface area is 79.3 Å². The molecule has 0 saturated carbocycles. The first-order valence-electron chi connectivity index (χ1n) is 4.78. The maximum atomic E-state index is 5.47. The van der Waals surface area contributed by atoms with Gasteiger partial charge in [-0.2, -0.15) is 0 Å². The van der Waals surface area contributed by atoms with Gasteiger partial charge in [0.15, 0.2) is 0 Å². The lowest BCUT2D eigenvalue weighted by Gasteiger charge is -2.09. The van der Waals surface area contributed by atoms with Gasteiger partial charge in [-0.3, -0.25) is 0 Å². The molecule has 0 radical (unpaired) electrons. The molecule has 0 saturated heterocycles. The number of hydrogen-bond acceptors (Lipinski definition) is 3. The number of hydrogen-bond donors (Lipinski definition) is 2. The Bertz CT molecular complexity index is 209. The van der Waals surface area contributed by atoms with Crippen LogP contribution in [0.2, 0.25) is 0 Å². The second kappa shape index (κ2) is 5.78. The highest BCUT2D eigenvalue weighted by Crippen LogP contribution is 2.02. The van der Waals surface area contributed by atoms with Gasteiger partial charge in [0.2, 0.25) is 0 Å². The molecule has 0 amide bonds. The summed E-state index contributed by atoms with van der Waals surface area (Å²) < 4.78 is 5.21. The van der Waals surface area contributed by atoms with Gasteiger partial charge in [0.25, 0.3) is 0 Å². The predicted octanol–water partition coefficient (Wildman–Crippen LogP) is 1.15. The third kappa shape index (κ3) is 4.10. The molecule has 3 N–H and O–H groups in total. The summed E-state index contributed by atoms with van der Waals surface area (Å²) in [5, 5.41) is 3.33. The van der Waals surface area contributed by atoms with Gasteiger partial charge < -0.3 is 15.5 Å². The Balaban J connectivity index is 2.02. The van der Waals surface area contributed by atoms with Crippen molar-refractivity contribution in [2.45, 2.75) is 25.8 Å². The Kier molecular flexibility index (Phi) is 4.57. The van der Waals surface area contributed by atoms with E-state index >= 15 is 0 Å². The van der Waals surface area contributed by atoms with Crippen LogP contribution in [0.3, 0.4) is 0 Å². The third-order valence-electron chi connectivity index (χ3n) is 2.03. The van der Waals surface area contributed by atoms with Crippen molar-refractivity contribution in [3.8, 4) is 0 Å². The van der Waals surface area contributed by atoms with Crippen molar-refractivity contribution in [3.05, 3.63) is 24.2 Å². The van der Waals surface area contributed by atoms with Crippen molar-refractivity contribution in [3.63, 3.8) is 0 Å². The molecule has 3 heteroatoms. The molecule has 0 aliphatic rings. The summed E-state index contributed by atoms with van der Waals surface area (Å²) in [6, 6.07) is 4.34. The number of nitrogens with two attached hydrogens (primary N) is 1. The molecule has 1 heterocycles. The summed E-state index contributed by atoms with van der Waals surface area (Å²) >= 11 is 0. The van der Waals surface area contributed by atoms with Crippen LogP contribution in [0.1, 0.15) is 19.1 Å². The summed E-state index contributed by atoms with van der Waals surface area (Å²) in [7, 11) is 0. The van der Waals surface area contributed by atoms with E-state index in [2.05, 4.69) is 12.2 Å². The zero-order valence-corrected chi connectivity index (χ0v) is 8.12. The monoisotopic (exact) mass is 182 g/mol. The van der Waals surface area contributed by atoms with Gasteiger partial charge in [-0.05, 0) is 32.0 Å². The van der Waals surface area contributed by atoms with Crippen LogP contribution in [0.4, 0.5) is 0 Å². The highest BCUT2D eigenvalue weighted by Gasteiger charge is 1.98. The van der Waals surface area contributed by atoms with Crippen molar-refractivity contribution < 1.29 is 4.42 Å². The average molecular weight is 182 g/mol. The summed E-state index contributed by atoms with van der Waals surface area (Å²) in [6.07, 6.45) is 3.81. The van der Waals surface area contributed by atoms with Crippen molar-refractivity contribution in [1.29, 1.82) is 0 Å². The first-order chi connectivity index (χ1) is 6.33. The fourth-order valence-corrected chi connectivity index (χ4v) is 1.15. The lowest BCUT2D eigenvalue weighted by Crippen LogP contribution is -2.33. The summed E-state index contributed by atoms with van der Waals surface area (Å²) in [4.78, 5) is 0. The van der Waals surface area contributed by atoms with E-state index in [4.69, 9.17) is 10.2 Å². The van der Waals surface area contributed by atoms with E-state index in [9.17, 15) is 0 Å². The Morgan fingerprint density at radius 3 is 3.08 bits per heavy atom. The summed E-state index contributed by atoms with van der Waals surface area (Å²) in [5.74, 6) is 1.06. The second-order valence-electron chi connectivity index (χ2n) is 3.27. The zero-order valence-electron chi connectivity index (χ0n) is 8.12. The van der Waals surface area contributed by atoms with Crippen LogP contribution < -0.4 is 11.1 Å². The molecule has 0 fully saturated rings. The number of nitrogens with one attached hydrogen (secondary N) is 1. The summed E-state index contributed by atoms with van der Waals surface area (Å²) in [6.45, 7) is 3.78. The Morgan fingerprint density at radius 2 is 2.46 bits per heavy atom. The van der Waals surface area contributed by atoms with E-state index in [-0.39, 0.29) is 0 Å². The maximum absolute atomic E-state index is 5.47. The fourth-order valence-electron chi connectivity index (χ4n) is 1.15. The standard InChI is InChI=1S/C10H18N2O/c1-9(8-11)12-6-2-4-10-5-3-7-13-10/h3,5,7,9,12H,2,4,6,8,11H2,1H3. The first kappa shape index (κ1) is 10.3. The highest BCUT2D eigenvalue weighted by molar-refractivity contribution is 4.97. The third-order valence-corrected chi connectivity index (χ3v) is 2.03. The molecule has 1 aromatic heterocycles. The second-order valence-corrected chi connectivity index (χ2v) is 3.27. The molecule has 1 unspecified atom stereocenters. The van der Waals surface area contributed by atoms with Crippen molar-refractivity contribution in [1.82, 2.24) is 5.32 Å². The van der Waals surface area contributed by atoms with E-state index in [1.165, 1.54) is 0 Å². The highest BCUT2D eigenvalue weighted by atomic mass is 16.3. The molecule has 3 nitrogen and oxygen atoms in total. The topological polar surface area (TPSA) is 51.2 Å². The normalized spacial score (nSPS) is 13.1. The van der Waals surface area contributed by atoms with Crippen LogP contribution in [0.15, 0.2) is 22.8 Å². The number of furan rings is 1. The Hall–Kier alpha value is -0.800. The molecule has 1 atom stereocenters. The van der Waals surface area contributed by atoms with Crippen LogP contribution in [0.25, 0.3) is 0 Å². The minimum Gasteiger partial charge on any atom is -0.469 e. The molecular weight excluding hydrogens is 164 g/mol. The molecule has 0 spiro atoms. The molecule has 1 aromatic rings. The Morgan fingerprint density at radius 1 is 1.62 bits per heavy atom. The van der Waals surface area contributed by atoms with Crippen molar-refractivity contribution in [2.75, 3.05) is 13.1 Å². The molecule has 1 rings (SSSR count). The zero-order chi connectivity index (χ0) is 9.52.